The lowest BCUT2D eigenvalue weighted by Crippen LogP contribution is -2.44. The monoisotopic (exact) mass is 601 g/mol. The molecule has 3 heterocycles. The number of ether oxygens (including phenoxy) is 2. The zero-order valence-electron chi connectivity index (χ0n) is 23.2. The van der Waals surface area contributed by atoms with Gasteiger partial charge in [0.2, 0.25) is 11.8 Å². The van der Waals surface area contributed by atoms with E-state index in [4.69, 9.17) is 15.2 Å². The molecule has 3 amide bonds. The second-order valence-electron chi connectivity index (χ2n) is 10.4. The van der Waals surface area contributed by atoms with Crippen LogP contribution in [0.5, 0.6) is 11.6 Å². The number of hydrogen-bond donors (Lipinski definition) is 2. The third-order valence-electron chi connectivity index (χ3n) is 7.59. The molecule has 2 saturated heterocycles. The number of hydrogen-bond acceptors (Lipinski definition) is 8. The molecular formula is C29H30F3N5O6. The maximum atomic E-state index is 14.3. The molecule has 14 heteroatoms. The van der Waals surface area contributed by atoms with Gasteiger partial charge in [0, 0.05) is 32.2 Å². The van der Waals surface area contributed by atoms with Gasteiger partial charge in [-0.05, 0) is 29.7 Å². The number of carbonyl (C=O) groups is 3. The maximum Gasteiger partial charge on any atom is 0.394 e. The van der Waals surface area contributed by atoms with Crippen LogP contribution in [0.2, 0.25) is 0 Å². The number of likely N-dealkylation sites (tertiary alicyclic amines) is 2. The minimum absolute atomic E-state index is 0.0614. The average molecular weight is 602 g/mol. The molecule has 0 radical (unpaired) electrons. The van der Waals surface area contributed by atoms with Gasteiger partial charge < -0.3 is 25.2 Å². The van der Waals surface area contributed by atoms with E-state index in [1.807, 2.05) is 0 Å². The van der Waals surface area contributed by atoms with E-state index in [2.05, 4.69) is 5.10 Å². The van der Waals surface area contributed by atoms with Crippen LogP contribution in [0.3, 0.4) is 0 Å². The van der Waals surface area contributed by atoms with Crippen molar-refractivity contribution >= 4 is 17.8 Å². The summed E-state index contributed by atoms with van der Waals surface area (Å²) in [4.78, 5) is 41.8. The summed E-state index contributed by atoms with van der Waals surface area (Å²) in [5, 5.41) is 14.0. The molecule has 3 atom stereocenters. The molecular weight excluding hydrogens is 571 g/mol. The first-order valence-electron chi connectivity index (χ1n) is 13.5. The zero-order chi connectivity index (χ0) is 30.9. The number of nitrogens with two attached hydrogens (primary N) is 1. The Kier molecular flexibility index (Phi) is 8.42. The Morgan fingerprint density at radius 1 is 1.09 bits per heavy atom. The van der Waals surface area contributed by atoms with Gasteiger partial charge in [0.05, 0.1) is 36.3 Å². The second kappa shape index (κ2) is 12.1. The van der Waals surface area contributed by atoms with Gasteiger partial charge >= 0.3 is 12.2 Å². The predicted molar refractivity (Wildman–Crippen MR) is 145 cm³/mol. The highest BCUT2D eigenvalue weighted by atomic mass is 19.4. The van der Waals surface area contributed by atoms with Crippen LogP contribution in [-0.2, 0) is 17.9 Å². The van der Waals surface area contributed by atoms with Crippen molar-refractivity contribution in [3.8, 4) is 11.6 Å². The lowest BCUT2D eigenvalue weighted by molar-refractivity contribution is -0.175. The summed E-state index contributed by atoms with van der Waals surface area (Å²) in [6.07, 6.45) is -5.44. The maximum absolute atomic E-state index is 14.3. The fourth-order valence-electron chi connectivity index (χ4n) is 5.26. The van der Waals surface area contributed by atoms with Crippen molar-refractivity contribution in [2.75, 3.05) is 26.7 Å². The number of para-hydroxylation sites is 1. The fraction of sp³-hybridized carbons (Fsp3) is 0.379. The largest absolute Gasteiger partial charge is 0.496 e. The first-order chi connectivity index (χ1) is 20.5. The van der Waals surface area contributed by atoms with E-state index in [1.165, 1.54) is 19.2 Å². The SMILES string of the molecule is COc1ccccc1C(=O)n1nc(C2C(=O)N(C(=O)N3CCC(O)C3)CC2C(F)(F)F)cc1OCc1ccc(CN)cc1. The molecule has 11 nitrogen and oxygen atoms in total. The number of urea groups is 1. The summed E-state index contributed by atoms with van der Waals surface area (Å²) in [5.74, 6) is -6.05. The molecule has 0 saturated carbocycles. The van der Waals surface area contributed by atoms with Crippen LogP contribution >= 0.6 is 0 Å². The van der Waals surface area contributed by atoms with Gasteiger partial charge in [0.15, 0.2) is 0 Å². The highest BCUT2D eigenvalue weighted by Crippen LogP contribution is 2.44. The van der Waals surface area contributed by atoms with Crippen molar-refractivity contribution in [3.05, 3.63) is 77.0 Å². The Hall–Kier alpha value is -4.43. The molecule has 3 N–H and O–H groups in total. The normalized spacial score (nSPS) is 20.5. The highest BCUT2D eigenvalue weighted by Gasteiger charge is 2.57. The summed E-state index contributed by atoms with van der Waals surface area (Å²) in [6.45, 7) is -0.639. The van der Waals surface area contributed by atoms with Crippen LogP contribution in [0.1, 0.15) is 39.5 Å². The quantitative estimate of drug-likeness (QED) is 0.422. The minimum Gasteiger partial charge on any atom is -0.496 e. The summed E-state index contributed by atoms with van der Waals surface area (Å²) in [6, 6.07) is 13.5. The standard InChI is InChI=1S/C29H30F3N5O6/c1-42-23-5-3-2-4-20(23)26(39)37-24(43-16-18-8-6-17(13-33)7-9-18)12-22(34-37)25-21(29(30,31)32)15-36(27(25)40)28(41)35-11-10-19(38)14-35/h2-9,12,19,21,25,38H,10-11,13-16,33H2,1H3. The number of halogens is 3. The third-order valence-corrected chi connectivity index (χ3v) is 7.59. The average Bonchev–Trinajstić information content (AvgIpc) is 3.72. The topological polar surface area (TPSA) is 140 Å². The molecule has 2 aliphatic rings. The number of nitrogens with zero attached hydrogens (tertiary/aromatic N) is 4. The number of aromatic nitrogens is 2. The van der Waals surface area contributed by atoms with E-state index in [9.17, 15) is 32.7 Å². The minimum atomic E-state index is -4.87. The van der Waals surface area contributed by atoms with Crippen LogP contribution in [0.4, 0.5) is 18.0 Å². The van der Waals surface area contributed by atoms with Crippen LogP contribution in [0.25, 0.3) is 0 Å². The second-order valence-corrected chi connectivity index (χ2v) is 10.4. The lowest BCUT2D eigenvalue weighted by Gasteiger charge is -2.23. The number of amides is 3. The Morgan fingerprint density at radius 2 is 1.79 bits per heavy atom. The smallest absolute Gasteiger partial charge is 0.394 e. The molecule has 3 unspecified atom stereocenters. The van der Waals surface area contributed by atoms with Gasteiger partial charge in [0.1, 0.15) is 12.4 Å². The molecule has 228 valence electrons. The van der Waals surface area contributed by atoms with Gasteiger partial charge in [-0.1, -0.05) is 36.4 Å². The highest BCUT2D eigenvalue weighted by molar-refractivity contribution is 6.01. The number of carbonyl (C=O) groups excluding carboxylic acids is 3. The Balaban J connectivity index is 1.52. The van der Waals surface area contributed by atoms with Crippen LogP contribution < -0.4 is 15.2 Å². The number of imide groups is 1. The van der Waals surface area contributed by atoms with Crippen molar-refractivity contribution in [3.63, 3.8) is 0 Å². The van der Waals surface area contributed by atoms with Gasteiger partial charge in [-0.15, -0.1) is 0 Å². The lowest BCUT2D eigenvalue weighted by atomic mass is 9.92. The van der Waals surface area contributed by atoms with Crippen LogP contribution in [0.15, 0.2) is 54.6 Å². The van der Waals surface area contributed by atoms with Gasteiger partial charge in [-0.3, -0.25) is 14.5 Å². The Labute approximate surface area is 244 Å². The van der Waals surface area contributed by atoms with Crippen LogP contribution in [0, 0.1) is 5.92 Å². The summed E-state index contributed by atoms with van der Waals surface area (Å²) in [7, 11) is 1.36. The Bertz CT molecular complexity index is 1510. The van der Waals surface area contributed by atoms with Crippen molar-refractivity contribution in [2.24, 2.45) is 11.7 Å². The molecule has 2 fully saturated rings. The number of methoxy groups -OCH3 is 1. The first kappa shape index (κ1) is 30.0. The molecule has 3 aromatic rings. The van der Waals surface area contributed by atoms with Crippen LogP contribution in [-0.4, -0.2) is 81.6 Å². The summed E-state index contributed by atoms with van der Waals surface area (Å²) in [5.41, 5.74) is 6.90. The van der Waals surface area contributed by atoms with E-state index < -0.39 is 48.5 Å². The number of rotatable bonds is 7. The number of aliphatic hydroxyl groups excluding tert-OH is 1. The molecule has 0 spiro atoms. The number of β-amino-alcohol motifs (C(OH)–C–C–N with tert-alkyl or cyclic N) is 1. The Morgan fingerprint density at radius 3 is 2.42 bits per heavy atom. The molecule has 0 aliphatic carbocycles. The van der Waals surface area contributed by atoms with E-state index in [1.54, 1.807) is 36.4 Å². The summed E-state index contributed by atoms with van der Waals surface area (Å²) >= 11 is 0. The predicted octanol–water partition coefficient (Wildman–Crippen LogP) is 2.91. The zero-order valence-corrected chi connectivity index (χ0v) is 23.2. The molecule has 0 bridgehead atoms. The van der Waals surface area contributed by atoms with E-state index in [-0.39, 0.29) is 49.0 Å². The number of benzene rings is 2. The third kappa shape index (κ3) is 6.06. The number of alkyl halides is 3. The van der Waals surface area contributed by atoms with E-state index in [0.29, 0.717) is 17.0 Å². The summed E-state index contributed by atoms with van der Waals surface area (Å²) < 4.78 is 54.9. The van der Waals surface area contributed by atoms with E-state index >= 15 is 0 Å². The molecule has 43 heavy (non-hydrogen) atoms. The molecule has 2 aliphatic heterocycles. The van der Waals surface area contributed by atoms with Crippen molar-refractivity contribution in [2.45, 2.75) is 37.8 Å². The van der Waals surface area contributed by atoms with Gasteiger partial charge in [0.25, 0.3) is 5.91 Å². The first-order valence-corrected chi connectivity index (χ1v) is 13.5. The van der Waals surface area contributed by atoms with Crippen molar-refractivity contribution in [1.82, 2.24) is 19.6 Å². The van der Waals surface area contributed by atoms with Crippen molar-refractivity contribution in [1.29, 1.82) is 0 Å². The fourth-order valence-corrected chi connectivity index (χ4v) is 5.26. The van der Waals surface area contributed by atoms with Gasteiger partial charge in [-0.2, -0.15) is 23.0 Å². The van der Waals surface area contributed by atoms with E-state index in [0.717, 1.165) is 21.2 Å². The molecule has 1 aromatic heterocycles. The van der Waals surface area contributed by atoms with Crippen molar-refractivity contribution < 1.29 is 42.1 Å². The number of aliphatic hydroxyl groups is 1. The van der Waals surface area contributed by atoms with Gasteiger partial charge in [-0.25, -0.2) is 4.79 Å². The molecule has 5 rings (SSSR count). The molecule has 2 aromatic carbocycles.